The summed E-state index contributed by atoms with van der Waals surface area (Å²) in [6, 6.07) is 8.49. The Labute approximate surface area is 164 Å². The van der Waals surface area contributed by atoms with E-state index in [2.05, 4.69) is 16.0 Å². The summed E-state index contributed by atoms with van der Waals surface area (Å²) >= 11 is 0. The second-order valence-corrected chi connectivity index (χ2v) is 6.97. The lowest BCUT2D eigenvalue weighted by molar-refractivity contribution is -0.154. The Morgan fingerprint density at radius 3 is 2.29 bits per heavy atom. The Morgan fingerprint density at radius 1 is 1.04 bits per heavy atom. The molecule has 0 spiro atoms. The quantitative estimate of drug-likeness (QED) is 0.608. The van der Waals surface area contributed by atoms with E-state index in [1.807, 2.05) is 30.3 Å². The van der Waals surface area contributed by atoms with E-state index in [0.29, 0.717) is 0 Å². The van der Waals surface area contributed by atoms with Crippen molar-refractivity contribution in [1.29, 1.82) is 0 Å². The normalized spacial score (nSPS) is 11.7. The lowest BCUT2D eigenvalue weighted by Gasteiger charge is -2.19. The van der Waals surface area contributed by atoms with Crippen molar-refractivity contribution in [2.45, 2.75) is 52.4 Å². The van der Waals surface area contributed by atoms with E-state index in [0.717, 1.165) is 5.56 Å². The minimum absolute atomic E-state index is 0.000350. The SMILES string of the molecule is CC(OC(=O)CCNC(=O)OC(C)(C)C)C(=O)NC(=O)NCc1ccccc1. The van der Waals surface area contributed by atoms with Crippen molar-refractivity contribution in [3.8, 4) is 0 Å². The zero-order chi connectivity index (χ0) is 21.2. The number of amides is 4. The van der Waals surface area contributed by atoms with E-state index in [-0.39, 0.29) is 19.5 Å². The lowest BCUT2D eigenvalue weighted by atomic mass is 10.2. The van der Waals surface area contributed by atoms with E-state index in [1.54, 1.807) is 20.8 Å². The first-order valence-electron chi connectivity index (χ1n) is 8.86. The van der Waals surface area contributed by atoms with Gasteiger partial charge in [0.15, 0.2) is 6.10 Å². The molecule has 3 N–H and O–H groups in total. The third-order valence-corrected chi connectivity index (χ3v) is 3.21. The smallest absolute Gasteiger partial charge is 0.407 e. The molecule has 0 fully saturated rings. The van der Waals surface area contributed by atoms with Crippen LogP contribution in [0.15, 0.2) is 30.3 Å². The zero-order valence-corrected chi connectivity index (χ0v) is 16.5. The van der Waals surface area contributed by atoms with Crippen molar-refractivity contribution in [1.82, 2.24) is 16.0 Å². The fourth-order valence-corrected chi connectivity index (χ4v) is 1.93. The number of hydrogen-bond acceptors (Lipinski definition) is 6. The maximum atomic E-state index is 11.9. The molecule has 1 atom stereocenters. The fourth-order valence-electron chi connectivity index (χ4n) is 1.93. The number of alkyl carbamates (subject to hydrolysis) is 1. The molecule has 0 bridgehead atoms. The van der Waals surface area contributed by atoms with Crippen LogP contribution >= 0.6 is 0 Å². The maximum absolute atomic E-state index is 11.9. The van der Waals surface area contributed by atoms with Crippen LogP contribution in [0, 0.1) is 0 Å². The van der Waals surface area contributed by atoms with Crippen LogP contribution in [0.2, 0.25) is 0 Å². The van der Waals surface area contributed by atoms with Gasteiger partial charge < -0.3 is 20.1 Å². The van der Waals surface area contributed by atoms with Gasteiger partial charge in [-0.15, -0.1) is 0 Å². The second kappa shape index (κ2) is 10.9. The molecular formula is C19H27N3O6. The highest BCUT2D eigenvalue weighted by Gasteiger charge is 2.20. The summed E-state index contributed by atoms with van der Waals surface area (Å²) in [5.41, 5.74) is 0.236. The first-order chi connectivity index (χ1) is 13.1. The molecule has 4 amide bonds. The Hall–Kier alpha value is -3.10. The minimum Gasteiger partial charge on any atom is -0.452 e. The number of rotatable bonds is 7. The third kappa shape index (κ3) is 10.1. The molecule has 0 aliphatic rings. The summed E-state index contributed by atoms with van der Waals surface area (Å²) in [7, 11) is 0. The monoisotopic (exact) mass is 393 g/mol. The van der Waals surface area contributed by atoms with Gasteiger partial charge in [0.2, 0.25) is 0 Å². The van der Waals surface area contributed by atoms with Gasteiger partial charge in [0.1, 0.15) is 5.60 Å². The summed E-state index contributed by atoms with van der Waals surface area (Å²) in [6.45, 7) is 6.76. The van der Waals surface area contributed by atoms with Crippen molar-refractivity contribution in [2.24, 2.45) is 0 Å². The van der Waals surface area contributed by atoms with Crippen LogP contribution in [-0.2, 0) is 25.6 Å². The molecule has 0 aromatic heterocycles. The molecule has 1 rings (SSSR count). The minimum atomic E-state index is -1.16. The topological polar surface area (TPSA) is 123 Å². The molecule has 9 heteroatoms. The van der Waals surface area contributed by atoms with Gasteiger partial charge in [0.05, 0.1) is 6.42 Å². The summed E-state index contributed by atoms with van der Waals surface area (Å²) in [5.74, 6) is -1.44. The van der Waals surface area contributed by atoms with Crippen LogP contribution in [-0.4, -0.2) is 42.3 Å². The number of esters is 1. The van der Waals surface area contributed by atoms with Crippen molar-refractivity contribution < 1.29 is 28.7 Å². The van der Waals surface area contributed by atoms with Crippen molar-refractivity contribution in [3.63, 3.8) is 0 Å². The highest BCUT2D eigenvalue weighted by molar-refractivity contribution is 5.97. The molecule has 1 aromatic rings. The van der Waals surface area contributed by atoms with Crippen LogP contribution < -0.4 is 16.0 Å². The van der Waals surface area contributed by atoms with Gasteiger partial charge in [-0.25, -0.2) is 9.59 Å². The molecule has 0 aliphatic heterocycles. The van der Waals surface area contributed by atoms with Crippen molar-refractivity contribution in [3.05, 3.63) is 35.9 Å². The number of carbonyl (C=O) groups excluding carboxylic acids is 4. The molecule has 1 aromatic carbocycles. The number of nitrogens with one attached hydrogen (secondary N) is 3. The van der Waals surface area contributed by atoms with Gasteiger partial charge in [-0.2, -0.15) is 0 Å². The predicted octanol–water partition coefficient (Wildman–Crippen LogP) is 1.86. The van der Waals surface area contributed by atoms with Gasteiger partial charge in [0, 0.05) is 13.1 Å². The van der Waals surface area contributed by atoms with E-state index in [1.165, 1.54) is 6.92 Å². The fraction of sp³-hybridized carbons (Fsp3) is 0.474. The number of benzene rings is 1. The van der Waals surface area contributed by atoms with Crippen molar-refractivity contribution >= 4 is 24.0 Å². The standard InChI is InChI=1S/C19H27N3O6/c1-13(27-15(23)10-11-20-18(26)28-19(2,3)4)16(24)22-17(25)21-12-14-8-6-5-7-9-14/h5-9,13H,10-12H2,1-4H3,(H,20,26)(H2,21,22,24,25). The van der Waals surface area contributed by atoms with Gasteiger partial charge >= 0.3 is 18.1 Å². The first kappa shape index (κ1) is 22.9. The van der Waals surface area contributed by atoms with E-state index >= 15 is 0 Å². The molecule has 0 radical (unpaired) electrons. The summed E-state index contributed by atoms with van der Waals surface area (Å²) < 4.78 is 9.96. The highest BCUT2D eigenvalue weighted by atomic mass is 16.6. The van der Waals surface area contributed by atoms with Crippen LogP contribution in [0.5, 0.6) is 0 Å². The molecule has 0 saturated heterocycles. The first-order valence-corrected chi connectivity index (χ1v) is 8.86. The Bertz CT molecular complexity index is 685. The lowest BCUT2D eigenvalue weighted by Crippen LogP contribution is -2.44. The van der Waals surface area contributed by atoms with Gasteiger partial charge in [-0.3, -0.25) is 14.9 Å². The van der Waals surface area contributed by atoms with E-state index < -0.39 is 35.7 Å². The number of carbonyl (C=O) groups is 4. The summed E-state index contributed by atoms with van der Waals surface area (Å²) in [5, 5.41) is 7.04. The van der Waals surface area contributed by atoms with Crippen LogP contribution in [0.4, 0.5) is 9.59 Å². The molecule has 28 heavy (non-hydrogen) atoms. The van der Waals surface area contributed by atoms with Crippen LogP contribution in [0.3, 0.4) is 0 Å². The largest absolute Gasteiger partial charge is 0.452 e. The number of ether oxygens (including phenoxy) is 2. The Kier molecular flexibility index (Phi) is 8.94. The Morgan fingerprint density at radius 2 is 1.68 bits per heavy atom. The number of urea groups is 1. The number of imide groups is 1. The van der Waals surface area contributed by atoms with Gasteiger partial charge in [-0.1, -0.05) is 30.3 Å². The van der Waals surface area contributed by atoms with Crippen molar-refractivity contribution in [2.75, 3.05) is 6.54 Å². The average Bonchev–Trinajstić information content (AvgIpc) is 2.59. The zero-order valence-electron chi connectivity index (χ0n) is 16.5. The van der Waals surface area contributed by atoms with Gasteiger partial charge in [-0.05, 0) is 33.3 Å². The highest BCUT2D eigenvalue weighted by Crippen LogP contribution is 2.06. The molecule has 0 heterocycles. The molecule has 9 nitrogen and oxygen atoms in total. The molecule has 0 aliphatic carbocycles. The summed E-state index contributed by atoms with van der Waals surface area (Å²) in [6.07, 6.45) is -1.95. The molecule has 1 unspecified atom stereocenters. The number of hydrogen-bond donors (Lipinski definition) is 3. The second-order valence-electron chi connectivity index (χ2n) is 6.97. The van der Waals surface area contributed by atoms with E-state index in [4.69, 9.17) is 9.47 Å². The van der Waals surface area contributed by atoms with Gasteiger partial charge in [0.25, 0.3) is 5.91 Å². The summed E-state index contributed by atoms with van der Waals surface area (Å²) in [4.78, 5) is 46.8. The predicted molar refractivity (Wildman–Crippen MR) is 101 cm³/mol. The average molecular weight is 393 g/mol. The molecule has 0 saturated carbocycles. The van der Waals surface area contributed by atoms with Crippen LogP contribution in [0.25, 0.3) is 0 Å². The molecule has 154 valence electrons. The van der Waals surface area contributed by atoms with Crippen LogP contribution in [0.1, 0.15) is 39.7 Å². The Balaban J connectivity index is 2.26. The molecular weight excluding hydrogens is 366 g/mol. The van der Waals surface area contributed by atoms with E-state index in [9.17, 15) is 19.2 Å². The third-order valence-electron chi connectivity index (χ3n) is 3.21. The maximum Gasteiger partial charge on any atom is 0.407 e.